The number of halogens is 3. The Kier molecular flexibility index (Phi) is 3.47. The van der Waals surface area contributed by atoms with Gasteiger partial charge in [0.05, 0.1) is 17.1 Å². The van der Waals surface area contributed by atoms with E-state index in [1.54, 1.807) is 4.57 Å². The summed E-state index contributed by atoms with van der Waals surface area (Å²) in [5.74, 6) is 0.657. The molecule has 0 bridgehead atoms. The summed E-state index contributed by atoms with van der Waals surface area (Å²) >= 11 is 0. The molecular weight excluding hydrogens is 319 g/mol. The zero-order valence-corrected chi connectivity index (χ0v) is 12.2. The number of hydrogen-bond donors (Lipinski definition) is 0. The van der Waals surface area contributed by atoms with Gasteiger partial charge in [-0.15, -0.1) is 10.2 Å². The smallest absolute Gasteiger partial charge is 0.310 e. The van der Waals surface area contributed by atoms with E-state index in [1.165, 1.54) is 12.1 Å². The lowest BCUT2D eigenvalue weighted by atomic mass is 10.1. The van der Waals surface area contributed by atoms with E-state index in [2.05, 4.69) is 10.2 Å². The largest absolute Gasteiger partial charge is 0.416 e. The van der Waals surface area contributed by atoms with Crippen molar-refractivity contribution in [2.24, 2.45) is 0 Å². The van der Waals surface area contributed by atoms with Crippen molar-refractivity contribution >= 4 is 9.84 Å². The first kappa shape index (κ1) is 15.0. The molecular formula is C13H12F3N3O2S. The minimum absolute atomic E-state index is 0.0201. The molecule has 1 aliphatic rings. The fraction of sp³-hybridized carbons (Fsp3) is 0.385. The number of aryl methyl sites for hydroxylation is 1. The van der Waals surface area contributed by atoms with Crippen LogP contribution in [0, 0.1) is 0 Å². The third-order valence-electron chi connectivity index (χ3n) is 3.54. The van der Waals surface area contributed by atoms with E-state index < -0.39 is 21.6 Å². The Labute approximate surface area is 124 Å². The highest BCUT2D eigenvalue weighted by molar-refractivity contribution is 7.91. The van der Waals surface area contributed by atoms with Crippen LogP contribution in [0.4, 0.5) is 13.2 Å². The molecule has 9 heteroatoms. The van der Waals surface area contributed by atoms with Gasteiger partial charge in [0, 0.05) is 18.5 Å². The van der Waals surface area contributed by atoms with E-state index in [0.717, 1.165) is 12.1 Å². The molecule has 22 heavy (non-hydrogen) atoms. The Morgan fingerprint density at radius 3 is 2.64 bits per heavy atom. The average molecular weight is 331 g/mol. The molecule has 0 saturated carbocycles. The lowest BCUT2D eigenvalue weighted by molar-refractivity contribution is -0.137. The van der Waals surface area contributed by atoms with Crippen LogP contribution in [-0.4, -0.2) is 34.7 Å². The molecule has 0 amide bonds. The number of benzene rings is 1. The molecule has 0 radical (unpaired) electrons. The summed E-state index contributed by atoms with van der Waals surface area (Å²) in [4.78, 5) is 0. The van der Waals surface area contributed by atoms with Gasteiger partial charge in [0.1, 0.15) is 5.82 Å². The molecule has 0 N–H and O–H groups in total. The van der Waals surface area contributed by atoms with Crippen molar-refractivity contribution in [1.29, 1.82) is 0 Å². The first-order chi connectivity index (χ1) is 10.3. The van der Waals surface area contributed by atoms with Crippen molar-refractivity contribution in [1.82, 2.24) is 14.8 Å². The van der Waals surface area contributed by atoms with Crippen LogP contribution < -0.4 is 0 Å². The first-order valence-corrected chi connectivity index (χ1v) is 8.38. The van der Waals surface area contributed by atoms with Gasteiger partial charge < -0.3 is 4.57 Å². The molecule has 0 unspecified atom stereocenters. The summed E-state index contributed by atoms with van der Waals surface area (Å²) in [6.07, 6.45) is -4.23. The quantitative estimate of drug-likeness (QED) is 0.801. The summed E-state index contributed by atoms with van der Waals surface area (Å²) in [5.41, 5.74) is -0.503. The zero-order valence-electron chi connectivity index (χ0n) is 11.3. The Morgan fingerprint density at radius 2 is 1.91 bits per heavy atom. The third kappa shape index (κ3) is 2.85. The molecule has 0 atom stereocenters. The maximum Gasteiger partial charge on any atom is 0.416 e. The Morgan fingerprint density at radius 1 is 1.14 bits per heavy atom. The van der Waals surface area contributed by atoms with E-state index in [-0.39, 0.29) is 35.9 Å². The second-order valence-corrected chi connectivity index (χ2v) is 7.38. The molecule has 3 rings (SSSR count). The summed E-state index contributed by atoms with van der Waals surface area (Å²) < 4.78 is 63.3. The normalized spacial score (nSPS) is 17.8. The molecule has 0 aliphatic carbocycles. The second-order valence-electron chi connectivity index (χ2n) is 5.07. The van der Waals surface area contributed by atoms with Gasteiger partial charge in [-0.05, 0) is 12.1 Å². The molecule has 2 aromatic rings. The minimum Gasteiger partial charge on any atom is -0.310 e. The van der Waals surface area contributed by atoms with E-state index in [1.807, 2.05) is 0 Å². The van der Waals surface area contributed by atoms with E-state index in [0.29, 0.717) is 5.82 Å². The maximum atomic E-state index is 12.8. The van der Waals surface area contributed by atoms with Gasteiger partial charge in [-0.3, -0.25) is 0 Å². The lowest BCUT2D eigenvalue weighted by Gasteiger charge is -2.10. The van der Waals surface area contributed by atoms with Crippen molar-refractivity contribution in [3.8, 4) is 11.4 Å². The number of rotatable bonds is 1. The highest BCUT2D eigenvalue weighted by Gasteiger charge is 2.31. The first-order valence-electron chi connectivity index (χ1n) is 6.56. The molecule has 1 aromatic heterocycles. The number of fused-ring (bicyclic) bond motifs is 1. The second kappa shape index (κ2) is 5.08. The summed E-state index contributed by atoms with van der Waals surface area (Å²) in [5, 5.41) is 7.85. The molecule has 0 spiro atoms. The molecule has 1 aliphatic heterocycles. The zero-order chi connectivity index (χ0) is 16.0. The number of alkyl halides is 3. The predicted octanol–water partition coefficient (Wildman–Crippen LogP) is 1.93. The highest BCUT2D eigenvalue weighted by Crippen LogP contribution is 2.32. The van der Waals surface area contributed by atoms with Crippen LogP contribution in [0.2, 0.25) is 0 Å². The minimum atomic E-state index is -4.44. The van der Waals surface area contributed by atoms with E-state index >= 15 is 0 Å². The predicted molar refractivity (Wildman–Crippen MR) is 72.8 cm³/mol. The maximum absolute atomic E-state index is 12.8. The standard InChI is InChI=1S/C13H12F3N3O2S/c14-13(15,16)10-3-1-2-9(8-10)12-18-17-11-4-6-22(20,21)7-5-19(11)12/h1-3,8H,4-7H2. The number of nitrogens with zero attached hydrogens (tertiary/aromatic N) is 3. The molecule has 1 aromatic carbocycles. The summed E-state index contributed by atoms with van der Waals surface area (Å²) in [7, 11) is -3.16. The van der Waals surface area contributed by atoms with E-state index in [9.17, 15) is 21.6 Å². The molecule has 2 heterocycles. The van der Waals surface area contributed by atoms with Gasteiger partial charge in [-0.25, -0.2) is 8.42 Å². The van der Waals surface area contributed by atoms with Crippen LogP contribution in [0.1, 0.15) is 11.4 Å². The summed E-state index contributed by atoms with van der Waals surface area (Å²) in [6, 6.07) is 4.78. The van der Waals surface area contributed by atoms with Crippen LogP contribution in [0.5, 0.6) is 0 Å². The number of aromatic nitrogens is 3. The number of hydrogen-bond acceptors (Lipinski definition) is 4. The van der Waals surface area contributed by atoms with Crippen molar-refractivity contribution in [2.75, 3.05) is 11.5 Å². The van der Waals surface area contributed by atoms with Crippen molar-refractivity contribution in [2.45, 2.75) is 19.1 Å². The van der Waals surface area contributed by atoms with Crippen LogP contribution in [0.25, 0.3) is 11.4 Å². The SMILES string of the molecule is O=S1(=O)CCc2nnc(-c3cccc(C(F)(F)F)c3)n2CC1. The van der Waals surface area contributed by atoms with Gasteiger partial charge in [0.15, 0.2) is 15.7 Å². The Balaban J connectivity index is 2.03. The Hall–Kier alpha value is -1.90. The van der Waals surface area contributed by atoms with Crippen molar-refractivity contribution in [3.05, 3.63) is 35.7 Å². The van der Waals surface area contributed by atoms with Crippen LogP contribution >= 0.6 is 0 Å². The monoisotopic (exact) mass is 331 g/mol. The van der Waals surface area contributed by atoms with Crippen molar-refractivity contribution < 1.29 is 21.6 Å². The fourth-order valence-electron chi connectivity index (χ4n) is 2.38. The van der Waals surface area contributed by atoms with Gasteiger partial charge in [-0.2, -0.15) is 13.2 Å². The topological polar surface area (TPSA) is 64.8 Å². The molecule has 118 valence electrons. The number of sulfone groups is 1. The van der Waals surface area contributed by atoms with Gasteiger partial charge >= 0.3 is 6.18 Å². The van der Waals surface area contributed by atoms with Gasteiger partial charge in [0.2, 0.25) is 0 Å². The highest BCUT2D eigenvalue weighted by atomic mass is 32.2. The molecule has 0 fully saturated rings. The average Bonchev–Trinajstić information content (AvgIpc) is 2.79. The van der Waals surface area contributed by atoms with Gasteiger partial charge in [0.25, 0.3) is 0 Å². The fourth-order valence-corrected chi connectivity index (χ4v) is 3.54. The third-order valence-corrected chi connectivity index (χ3v) is 5.17. The van der Waals surface area contributed by atoms with Crippen molar-refractivity contribution in [3.63, 3.8) is 0 Å². The summed E-state index contributed by atoms with van der Waals surface area (Å²) in [6.45, 7) is 0.149. The van der Waals surface area contributed by atoms with Crippen LogP contribution in [-0.2, 0) is 29.0 Å². The lowest BCUT2D eigenvalue weighted by Crippen LogP contribution is -2.13. The van der Waals surface area contributed by atoms with Crippen LogP contribution in [0.15, 0.2) is 24.3 Å². The molecule has 0 saturated heterocycles. The van der Waals surface area contributed by atoms with E-state index in [4.69, 9.17) is 0 Å². The van der Waals surface area contributed by atoms with Gasteiger partial charge in [-0.1, -0.05) is 12.1 Å². The Bertz CT molecular complexity index is 812. The van der Waals surface area contributed by atoms with Crippen LogP contribution in [0.3, 0.4) is 0 Å². The molecule has 5 nitrogen and oxygen atoms in total.